The van der Waals surface area contributed by atoms with Crippen molar-refractivity contribution in [2.24, 2.45) is 5.92 Å². The molecule has 0 atom stereocenters. The van der Waals surface area contributed by atoms with Crippen LogP contribution in [0.15, 0.2) is 30.5 Å². The van der Waals surface area contributed by atoms with Crippen molar-refractivity contribution in [1.82, 2.24) is 10.3 Å². The summed E-state index contributed by atoms with van der Waals surface area (Å²) in [6.07, 6.45) is 1.73. The molecule has 0 bridgehead atoms. The Labute approximate surface area is 124 Å². The molecule has 0 spiro atoms. The van der Waals surface area contributed by atoms with Crippen LogP contribution in [0.1, 0.15) is 13.8 Å². The van der Waals surface area contributed by atoms with E-state index in [0.29, 0.717) is 18.3 Å². The molecule has 0 aliphatic heterocycles. The molecule has 5 nitrogen and oxygen atoms in total. The third kappa shape index (κ3) is 4.08. The monoisotopic (exact) mass is 287 g/mol. The number of aromatic nitrogens is 1. The van der Waals surface area contributed by atoms with Crippen molar-refractivity contribution in [2.75, 3.05) is 25.5 Å². The molecule has 0 radical (unpaired) electrons. The molecule has 0 aliphatic rings. The van der Waals surface area contributed by atoms with Gasteiger partial charge in [-0.15, -0.1) is 0 Å². The number of amides is 1. The van der Waals surface area contributed by atoms with Gasteiger partial charge in [0.25, 0.3) is 0 Å². The predicted octanol–water partition coefficient (Wildman–Crippen LogP) is 2.43. The molecule has 0 saturated carbocycles. The van der Waals surface area contributed by atoms with Crippen LogP contribution in [-0.2, 0) is 4.79 Å². The number of hydrogen-bond donors (Lipinski definition) is 2. The topological polar surface area (TPSA) is 63.2 Å². The molecule has 0 aliphatic carbocycles. The first-order chi connectivity index (χ1) is 10.1. The number of rotatable bonds is 6. The maximum Gasteiger partial charge on any atom is 0.239 e. The van der Waals surface area contributed by atoms with Crippen molar-refractivity contribution in [3.05, 3.63) is 30.5 Å². The second-order valence-corrected chi connectivity index (χ2v) is 5.30. The number of hydrogen-bond acceptors (Lipinski definition) is 4. The number of fused-ring (bicyclic) bond motifs is 1. The van der Waals surface area contributed by atoms with Gasteiger partial charge in [0.2, 0.25) is 5.91 Å². The van der Waals surface area contributed by atoms with E-state index >= 15 is 0 Å². The van der Waals surface area contributed by atoms with Gasteiger partial charge in [-0.3, -0.25) is 4.79 Å². The van der Waals surface area contributed by atoms with Gasteiger partial charge in [0, 0.05) is 18.1 Å². The van der Waals surface area contributed by atoms with E-state index in [-0.39, 0.29) is 12.5 Å². The Morgan fingerprint density at radius 2 is 2.14 bits per heavy atom. The number of methoxy groups -OCH3 is 1. The zero-order chi connectivity index (χ0) is 15.2. The number of anilines is 1. The highest BCUT2D eigenvalue weighted by molar-refractivity contribution is 5.94. The molecule has 21 heavy (non-hydrogen) atoms. The first-order valence-electron chi connectivity index (χ1n) is 7.03. The van der Waals surface area contributed by atoms with Gasteiger partial charge < -0.3 is 15.4 Å². The van der Waals surface area contributed by atoms with Crippen LogP contribution in [0, 0.1) is 5.92 Å². The summed E-state index contributed by atoms with van der Waals surface area (Å²) in [5.41, 5.74) is 0. The quantitative estimate of drug-likeness (QED) is 0.856. The van der Waals surface area contributed by atoms with Crippen LogP contribution in [-0.4, -0.2) is 31.1 Å². The van der Waals surface area contributed by atoms with Gasteiger partial charge in [0.15, 0.2) is 0 Å². The highest BCUT2D eigenvalue weighted by Crippen LogP contribution is 2.25. The SMILES string of the molecule is COc1ccc2ccnc(NCC(=O)NCC(C)C)c2c1. The number of carbonyl (C=O) groups is 1. The first-order valence-corrected chi connectivity index (χ1v) is 7.03. The second kappa shape index (κ2) is 6.92. The third-order valence-corrected chi connectivity index (χ3v) is 3.10. The molecule has 0 saturated heterocycles. The van der Waals surface area contributed by atoms with Crippen LogP contribution < -0.4 is 15.4 Å². The Morgan fingerprint density at radius 1 is 1.33 bits per heavy atom. The Bertz CT molecular complexity index is 626. The molecule has 0 fully saturated rings. The smallest absolute Gasteiger partial charge is 0.239 e. The number of nitrogens with one attached hydrogen (secondary N) is 2. The Hall–Kier alpha value is -2.30. The molecule has 2 aromatic rings. The number of carbonyl (C=O) groups excluding carboxylic acids is 1. The summed E-state index contributed by atoms with van der Waals surface area (Å²) in [5, 5.41) is 7.94. The van der Waals surface area contributed by atoms with E-state index < -0.39 is 0 Å². The molecule has 5 heteroatoms. The van der Waals surface area contributed by atoms with E-state index in [1.165, 1.54) is 0 Å². The maximum atomic E-state index is 11.8. The third-order valence-electron chi connectivity index (χ3n) is 3.10. The van der Waals surface area contributed by atoms with E-state index in [1.807, 2.05) is 24.3 Å². The maximum absolute atomic E-state index is 11.8. The van der Waals surface area contributed by atoms with Gasteiger partial charge in [-0.2, -0.15) is 0 Å². The van der Waals surface area contributed by atoms with E-state index in [2.05, 4.69) is 29.5 Å². The fraction of sp³-hybridized carbons (Fsp3) is 0.375. The summed E-state index contributed by atoms with van der Waals surface area (Å²) in [5.74, 6) is 1.85. The molecule has 1 heterocycles. The van der Waals surface area contributed by atoms with Crippen molar-refractivity contribution in [3.8, 4) is 5.75 Å². The number of pyridine rings is 1. The lowest BCUT2D eigenvalue weighted by atomic mass is 10.1. The summed E-state index contributed by atoms with van der Waals surface area (Å²) in [7, 11) is 1.63. The molecule has 112 valence electrons. The van der Waals surface area contributed by atoms with Crippen molar-refractivity contribution in [3.63, 3.8) is 0 Å². The van der Waals surface area contributed by atoms with Crippen molar-refractivity contribution in [2.45, 2.75) is 13.8 Å². The van der Waals surface area contributed by atoms with E-state index in [4.69, 9.17) is 4.74 Å². The summed E-state index contributed by atoms with van der Waals surface area (Å²) >= 11 is 0. The van der Waals surface area contributed by atoms with Crippen molar-refractivity contribution in [1.29, 1.82) is 0 Å². The van der Waals surface area contributed by atoms with Crippen LogP contribution in [0.5, 0.6) is 5.75 Å². The zero-order valence-corrected chi connectivity index (χ0v) is 12.6. The van der Waals surface area contributed by atoms with E-state index in [9.17, 15) is 4.79 Å². The fourth-order valence-corrected chi connectivity index (χ4v) is 1.96. The Balaban J connectivity index is 2.09. The predicted molar refractivity (Wildman–Crippen MR) is 84.6 cm³/mol. The van der Waals surface area contributed by atoms with Gasteiger partial charge in [-0.25, -0.2) is 4.98 Å². The zero-order valence-electron chi connectivity index (χ0n) is 12.6. The number of benzene rings is 1. The normalized spacial score (nSPS) is 10.7. The average Bonchev–Trinajstić information content (AvgIpc) is 2.50. The number of ether oxygens (including phenoxy) is 1. The molecule has 2 rings (SSSR count). The van der Waals surface area contributed by atoms with E-state index in [0.717, 1.165) is 16.5 Å². The van der Waals surface area contributed by atoms with Gasteiger partial charge in [-0.05, 0) is 29.5 Å². The highest BCUT2D eigenvalue weighted by atomic mass is 16.5. The van der Waals surface area contributed by atoms with Crippen LogP contribution >= 0.6 is 0 Å². The molecule has 0 unspecified atom stereocenters. The molecular weight excluding hydrogens is 266 g/mol. The number of nitrogens with zero attached hydrogens (tertiary/aromatic N) is 1. The van der Waals surface area contributed by atoms with Crippen LogP contribution in [0.25, 0.3) is 10.8 Å². The van der Waals surface area contributed by atoms with Crippen molar-refractivity contribution < 1.29 is 9.53 Å². The molecule has 1 aromatic heterocycles. The lowest BCUT2D eigenvalue weighted by Gasteiger charge is -2.11. The standard InChI is InChI=1S/C16H21N3O2/c1-11(2)9-18-15(20)10-19-16-14-8-13(21-3)5-4-12(14)6-7-17-16/h4-8,11H,9-10H2,1-3H3,(H,17,19)(H,18,20). The van der Waals surface area contributed by atoms with Gasteiger partial charge >= 0.3 is 0 Å². The van der Waals surface area contributed by atoms with E-state index in [1.54, 1.807) is 13.3 Å². The molecule has 1 amide bonds. The molecule has 2 N–H and O–H groups in total. The van der Waals surface area contributed by atoms with Crippen LogP contribution in [0.4, 0.5) is 5.82 Å². The summed E-state index contributed by atoms with van der Waals surface area (Å²) < 4.78 is 5.23. The van der Waals surface area contributed by atoms with Gasteiger partial charge in [0.05, 0.1) is 13.7 Å². The minimum atomic E-state index is -0.0367. The first kappa shape index (κ1) is 15.1. The summed E-state index contributed by atoms with van der Waals surface area (Å²) in [6.45, 7) is 5.01. The van der Waals surface area contributed by atoms with Gasteiger partial charge in [0.1, 0.15) is 11.6 Å². The lowest BCUT2D eigenvalue weighted by Crippen LogP contribution is -2.32. The average molecular weight is 287 g/mol. The van der Waals surface area contributed by atoms with Crippen LogP contribution in [0.3, 0.4) is 0 Å². The fourth-order valence-electron chi connectivity index (χ4n) is 1.96. The van der Waals surface area contributed by atoms with Crippen molar-refractivity contribution >= 4 is 22.5 Å². The summed E-state index contributed by atoms with van der Waals surface area (Å²) in [4.78, 5) is 16.1. The minimum Gasteiger partial charge on any atom is -0.497 e. The molecule has 1 aromatic carbocycles. The second-order valence-electron chi connectivity index (χ2n) is 5.30. The Kier molecular flexibility index (Phi) is 4.98. The largest absolute Gasteiger partial charge is 0.497 e. The van der Waals surface area contributed by atoms with Gasteiger partial charge in [-0.1, -0.05) is 19.9 Å². The minimum absolute atomic E-state index is 0.0367. The molecular formula is C16H21N3O2. The summed E-state index contributed by atoms with van der Waals surface area (Å²) in [6, 6.07) is 7.72. The Morgan fingerprint density at radius 3 is 2.86 bits per heavy atom. The lowest BCUT2D eigenvalue weighted by molar-refractivity contribution is -0.119. The highest BCUT2D eigenvalue weighted by Gasteiger charge is 2.06. The van der Waals surface area contributed by atoms with Crippen LogP contribution in [0.2, 0.25) is 0 Å².